The zero-order valence-electron chi connectivity index (χ0n) is 13.2. The largest absolute Gasteiger partial charge is 0.442 e. The number of carbonyl (C=O) groups excluding carboxylic acids is 1. The van der Waals surface area contributed by atoms with E-state index in [4.69, 9.17) is 4.74 Å². The fourth-order valence-corrected chi connectivity index (χ4v) is 4.12. The quantitative estimate of drug-likeness (QED) is 0.577. The molecule has 0 radical (unpaired) electrons. The van der Waals surface area contributed by atoms with Crippen molar-refractivity contribution in [3.63, 3.8) is 0 Å². The third-order valence-corrected chi connectivity index (χ3v) is 5.90. The molecule has 2 heterocycles. The van der Waals surface area contributed by atoms with Gasteiger partial charge in [0.05, 0.1) is 41.1 Å². The Morgan fingerprint density at radius 1 is 1.36 bits per heavy atom. The van der Waals surface area contributed by atoms with E-state index in [0.29, 0.717) is 11.4 Å². The van der Waals surface area contributed by atoms with Crippen LogP contribution in [0.2, 0.25) is 0 Å². The first kappa shape index (κ1) is 17.8. The van der Waals surface area contributed by atoms with E-state index in [-0.39, 0.29) is 37.7 Å². The van der Waals surface area contributed by atoms with Gasteiger partial charge in [0, 0.05) is 13.1 Å². The molecular weight excluding hydrogens is 369 g/mol. The molecule has 2 saturated heterocycles. The lowest BCUT2D eigenvalue weighted by molar-refractivity contribution is 0.145. The van der Waals surface area contributed by atoms with E-state index in [2.05, 4.69) is 22.4 Å². The second-order valence-electron chi connectivity index (χ2n) is 5.82. The summed E-state index contributed by atoms with van der Waals surface area (Å²) >= 11 is 4.48. The number of ether oxygens (including phenoxy) is 1. The van der Waals surface area contributed by atoms with Crippen molar-refractivity contribution in [1.82, 2.24) is 0 Å². The number of anilines is 2. The Kier molecular flexibility index (Phi) is 5.03. The number of benzene rings is 1. The summed E-state index contributed by atoms with van der Waals surface area (Å²) in [6.45, 7) is 0.971. The van der Waals surface area contributed by atoms with E-state index < -0.39 is 27.9 Å². The molecular formula is C15H16FN3O4S2. The first-order valence-corrected chi connectivity index (χ1v) is 9.89. The highest BCUT2D eigenvalue weighted by molar-refractivity contribution is 7.91. The van der Waals surface area contributed by atoms with Gasteiger partial charge in [0.15, 0.2) is 9.84 Å². The Balaban J connectivity index is 1.74. The molecule has 7 nitrogen and oxygen atoms in total. The van der Waals surface area contributed by atoms with E-state index >= 15 is 0 Å². The van der Waals surface area contributed by atoms with E-state index in [1.807, 2.05) is 0 Å². The van der Waals surface area contributed by atoms with Crippen molar-refractivity contribution in [1.29, 1.82) is 0 Å². The standard InChI is InChI=1S/C15H16FN3O4S2/c16-13-7-11(19-9-12(8-17-10-24)23-15(19)20)1-2-14(13)18-3-5-25(21,22)6-4-18/h1-2,7,12H,3-6,8-9H2/t12-/m0/s1. The van der Waals surface area contributed by atoms with Crippen molar-refractivity contribution >= 4 is 44.7 Å². The Bertz CT molecular complexity index is 825. The molecule has 0 unspecified atom stereocenters. The Labute approximate surface area is 150 Å². The second-order valence-corrected chi connectivity index (χ2v) is 8.31. The summed E-state index contributed by atoms with van der Waals surface area (Å²) < 4.78 is 42.6. The first-order chi connectivity index (χ1) is 11.9. The van der Waals surface area contributed by atoms with Gasteiger partial charge in [0.25, 0.3) is 0 Å². The lowest BCUT2D eigenvalue weighted by Gasteiger charge is -2.29. The van der Waals surface area contributed by atoms with Gasteiger partial charge in [-0.15, -0.1) is 0 Å². The summed E-state index contributed by atoms with van der Waals surface area (Å²) in [5.41, 5.74) is 0.706. The number of hydrogen-bond acceptors (Lipinski definition) is 7. The molecule has 1 amide bonds. The summed E-state index contributed by atoms with van der Waals surface area (Å²) in [6, 6.07) is 4.43. The number of nitrogens with zero attached hydrogens (tertiary/aromatic N) is 3. The van der Waals surface area contributed by atoms with Crippen LogP contribution in [0.1, 0.15) is 0 Å². The Hall–Kier alpha value is -2.03. The third kappa shape index (κ3) is 3.97. The van der Waals surface area contributed by atoms with Crippen molar-refractivity contribution in [3.05, 3.63) is 24.0 Å². The molecule has 2 aliphatic heterocycles. The molecule has 0 saturated carbocycles. The smallest absolute Gasteiger partial charge is 0.414 e. The number of isothiocyanates is 1. The number of halogens is 1. The van der Waals surface area contributed by atoms with E-state index in [0.717, 1.165) is 0 Å². The monoisotopic (exact) mass is 385 g/mol. The molecule has 10 heteroatoms. The van der Waals surface area contributed by atoms with Crippen molar-refractivity contribution in [3.8, 4) is 0 Å². The maximum Gasteiger partial charge on any atom is 0.414 e. The normalized spacial score (nSPS) is 22.4. The molecule has 134 valence electrons. The number of hydrogen-bond donors (Lipinski definition) is 0. The number of amides is 1. The molecule has 0 aromatic heterocycles. The fourth-order valence-electron chi connectivity index (χ4n) is 2.84. The maximum absolute atomic E-state index is 14.5. The Morgan fingerprint density at radius 2 is 2.08 bits per heavy atom. The average Bonchev–Trinajstić information content (AvgIpc) is 2.94. The summed E-state index contributed by atoms with van der Waals surface area (Å²) in [5.74, 6) is -0.492. The first-order valence-electron chi connectivity index (χ1n) is 7.66. The van der Waals surface area contributed by atoms with Gasteiger partial charge in [0.2, 0.25) is 0 Å². The molecule has 25 heavy (non-hydrogen) atoms. The number of rotatable bonds is 4. The van der Waals surface area contributed by atoms with Crippen LogP contribution >= 0.6 is 12.2 Å². The SMILES string of the molecule is O=C1O[C@@H](CN=C=S)CN1c1ccc(N2CCS(=O)(=O)CC2)c(F)c1. The molecule has 1 aromatic carbocycles. The summed E-state index contributed by atoms with van der Waals surface area (Å²) in [4.78, 5) is 18.7. The molecule has 0 N–H and O–H groups in total. The van der Waals surface area contributed by atoms with Gasteiger partial charge in [-0.3, -0.25) is 4.90 Å². The van der Waals surface area contributed by atoms with Crippen LogP contribution in [0.5, 0.6) is 0 Å². The average molecular weight is 385 g/mol. The molecule has 1 atom stereocenters. The fraction of sp³-hybridized carbons (Fsp3) is 0.467. The van der Waals surface area contributed by atoms with Crippen molar-refractivity contribution in [2.45, 2.75) is 6.10 Å². The molecule has 0 aliphatic carbocycles. The molecule has 2 fully saturated rings. The van der Waals surface area contributed by atoms with Crippen molar-refractivity contribution in [2.75, 3.05) is 47.5 Å². The zero-order valence-corrected chi connectivity index (χ0v) is 14.9. The second kappa shape index (κ2) is 7.07. The third-order valence-electron chi connectivity index (χ3n) is 4.16. The summed E-state index contributed by atoms with van der Waals surface area (Å²) in [6.07, 6.45) is -1.02. The highest BCUT2D eigenvalue weighted by Crippen LogP contribution is 2.28. The predicted molar refractivity (Wildman–Crippen MR) is 94.8 cm³/mol. The number of aliphatic imine (C=N–C) groups is 1. The van der Waals surface area contributed by atoms with Crippen molar-refractivity contribution in [2.24, 2.45) is 4.99 Å². The lowest BCUT2D eigenvalue weighted by Crippen LogP contribution is -2.40. The van der Waals surface area contributed by atoms with Crippen LogP contribution in [0.25, 0.3) is 0 Å². The van der Waals surface area contributed by atoms with Crippen LogP contribution in [0.3, 0.4) is 0 Å². The van der Waals surface area contributed by atoms with Crippen LogP contribution in [0, 0.1) is 5.82 Å². The van der Waals surface area contributed by atoms with Crippen LogP contribution < -0.4 is 9.80 Å². The summed E-state index contributed by atoms with van der Waals surface area (Å²) in [5, 5.41) is 2.21. The van der Waals surface area contributed by atoms with Crippen LogP contribution in [0.15, 0.2) is 23.2 Å². The highest BCUT2D eigenvalue weighted by Gasteiger charge is 2.33. The minimum Gasteiger partial charge on any atom is -0.442 e. The number of cyclic esters (lactones) is 1. The van der Waals surface area contributed by atoms with Crippen LogP contribution in [0.4, 0.5) is 20.6 Å². The zero-order chi connectivity index (χ0) is 18.0. The van der Waals surface area contributed by atoms with Crippen LogP contribution in [-0.2, 0) is 14.6 Å². The Morgan fingerprint density at radius 3 is 2.72 bits per heavy atom. The van der Waals surface area contributed by atoms with Gasteiger partial charge in [-0.2, -0.15) is 0 Å². The van der Waals surface area contributed by atoms with Gasteiger partial charge in [-0.05, 0) is 30.4 Å². The molecule has 3 rings (SSSR count). The highest BCUT2D eigenvalue weighted by atomic mass is 32.2. The number of thiocarbonyl (C=S) groups is 1. The lowest BCUT2D eigenvalue weighted by atomic mass is 10.2. The predicted octanol–water partition coefficient (Wildman–Crippen LogP) is 1.49. The minimum absolute atomic E-state index is 0.00865. The van der Waals surface area contributed by atoms with E-state index in [1.165, 1.54) is 11.0 Å². The number of sulfone groups is 1. The van der Waals surface area contributed by atoms with Gasteiger partial charge in [-0.1, -0.05) is 0 Å². The number of carbonyl (C=O) groups is 1. The van der Waals surface area contributed by atoms with Gasteiger partial charge in [-0.25, -0.2) is 22.6 Å². The van der Waals surface area contributed by atoms with E-state index in [1.54, 1.807) is 17.0 Å². The maximum atomic E-state index is 14.5. The van der Waals surface area contributed by atoms with Gasteiger partial charge in [0.1, 0.15) is 11.9 Å². The van der Waals surface area contributed by atoms with Gasteiger partial charge >= 0.3 is 6.09 Å². The molecule has 2 aliphatic rings. The van der Waals surface area contributed by atoms with Crippen molar-refractivity contribution < 1.29 is 22.3 Å². The molecule has 0 bridgehead atoms. The minimum atomic E-state index is -3.03. The summed E-state index contributed by atoms with van der Waals surface area (Å²) in [7, 11) is -3.03. The van der Waals surface area contributed by atoms with Gasteiger partial charge < -0.3 is 9.64 Å². The molecule has 1 aromatic rings. The topological polar surface area (TPSA) is 79.3 Å². The van der Waals surface area contributed by atoms with Crippen LogP contribution in [-0.4, -0.2) is 63.5 Å². The van der Waals surface area contributed by atoms with E-state index in [9.17, 15) is 17.6 Å². The molecule has 0 spiro atoms.